The van der Waals surface area contributed by atoms with Gasteiger partial charge in [-0.15, -0.1) is 0 Å². The van der Waals surface area contributed by atoms with Gasteiger partial charge in [-0.3, -0.25) is 0 Å². The van der Waals surface area contributed by atoms with Gasteiger partial charge < -0.3 is 24.5 Å². The Balaban J connectivity index is 1.85. The third-order valence-corrected chi connectivity index (χ3v) is 3.16. The van der Waals surface area contributed by atoms with Gasteiger partial charge in [-0.1, -0.05) is 0 Å². The normalized spacial score (nSPS) is 10.1. The first-order chi connectivity index (χ1) is 11.5. The van der Waals surface area contributed by atoms with Crippen LogP contribution in [0.2, 0.25) is 0 Å². The van der Waals surface area contributed by atoms with Gasteiger partial charge in [-0.25, -0.2) is 9.78 Å². The van der Waals surface area contributed by atoms with E-state index in [-0.39, 0.29) is 5.82 Å². The molecule has 9 nitrogen and oxygen atoms in total. The molecule has 0 unspecified atom stereocenters. The molecule has 0 saturated carbocycles. The van der Waals surface area contributed by atoms with Crippen LogP contribution in [-0.4, -0.2) is 48.2 Å². The molecule has 2 rings (SSSR count). The minimum Gasteiger partial charge on any atom is -0.488 e. The van der Waals surface area contributed by atoms with Crippen molar-refractivity contribution in [1.29, 1.82) is 0 Å². The third kappa shape index (κ3) is 4.38. The number of aromatic nitrogens is 2. The molecule has 0 saturated heterocycles. The van der Waals surface area contributed by atoms with Crippen molar-refractivity contribution in [3.8, 4) is 5.75 Å². The van der Waals surface area contributed by atoms with Crippen LogP contribution in [0.3, 0.4) is 0 Å². The second-order valence-electron chi connectivity index (χ2n) is 4.78. The maximum Gasteiger partial charge on any atom is 0.363 e. The topological polar surface area (TPSA) is 108 Å². The molecule has 0 fully saturated rings. The van der Waals surface area contributed by atoms with Gasteiger partial charge in [-0.2, -0.15) is 0 Å². The molecule has 0 aromatic carbocycles. The first kappa shape index (κ1) is 17.1. The number of rotatable bonds is 7. The van der Waals surface area contributed by atoms with E-state index in [2.05, 4.69) is 14.7 Å². The Morgan fingerprint density at radius 3 is 2.58 bits per heavy atom. The lowest BCUT2D eigenvalue weighted by Gasteiger charge is -2.18. The van der Waals surface area contributed by atoms with Gasteiger partial charge in [0.1, 0.15) is 12.4 Å². The molecule has 0 N–H and O–H groups in total. The van der Waals surface area contributed by atoms with Crippen LogP contribution in [0.5, 0.6) is 5.75 Å². The maximum atomic E-state index is 11.3. The summed E-state index contributed by atoms with van der Waals surface area (Å²) in [4.78, 5) is 31.0. The van der Waals surface area contributed by atoms with Crippen molar-refractivity contribution in [3.05, 3.63) is 52.3 Å². The van der Waals surface area contributed by atoms with Crippen LogP contribution in [0.25, 0.3) is 0 Å². The highest BCUT2D eigenvalue weighted by atomic mass is 16.6. The zero-order chi connectivity index (χ0) is 17.5. The smallest absolute Gasteiger partial charge is 0.363 e. The monoisotopic (exact) mass is 332 g/mol. The van der Waals surface area contributed by atoms with E-state index in [1.54, 1.807) is 12.1 Å². The fourth-order valence-electron chi connectivity index (χ4n) is 1.83. The highest BCUT2D eigenvalue weighted by molar-refractivity contribution is 5.89. The number of ether oxygens (including phenoxy) is 2. The van der Waals surface area contributed by atoms with E-state index >= 15 is 0 Å². The first-order valence-electron chi connectivity index (χ1n) is 7.00. The number of methoxy groups -OCH3 is 1. The fourth-order valence-corrected chi connectivity index (χ4v) is 1.83. The number of hydrogen-bond donors (Lipinski definition) is 0. The zero-order valence-corrected chi connectivity index (χ0v) is 13.2. The molecule has 0 aliphatic carbocycles. The highest BCUT2D eigenvalue weighted by Crippen LogP contribution is 2.14. The van der Waals surface area contributed by atoms with Gasteiger partial charge in [0.15, 0.2) is 11.9 Å². The number of esters is 1. The summed E-state index contributed by atoms with van der Waals surface area (Å²) in [5, 5.41) is 10.5. The van der Waals surface area contributed by atoms with Crippen molar-refractivity contribution < 1.29 is 19.2 Å². The Labute approximate surface area is 138 Å². The van der Waals surface area contributed by atoms with Crippen LogP contribution in [0.1, 0.15) is 10.4 Å². The fraction of sp³-hybridized carbons (Fsp3) is 0.267. The maximum absolute atomic E-state index is 11.3. The van der Waals surface area contributed by atoms with E-state index in [0.29, 0.717) is 30.3 Å². The standard InChI is InChI=1S/C15H16N4O5/c1-18(13-5-3-11(9-16-13)15(20)23-2)7-8-24-12-4-6-14(17-10-12)19(21)22/h3-6,9-10H,7-8H2,1-2H3. The number of anilines is 1. The summed E-state index contributed by atoms with van der Waals surface area (Å²) < 4.78 is 10.1. The number of likely N-dealkylation sites (N-methyl/N-ethyl adjacent to an activating group) is 1. The summed E-state index contributed by atoms with van der Waals surface area (Å²) in [6.07, 6.45) is 2.75. The van der Waals surface area contributed by atoms with Crippen molar-refractivity contribution in [2.24, 2.45) is 0 Å². The number of carbonyl (C=O) groups is 1. The third-order valence-electron chi connectivity index (χ3n) is 3.16. The number of nitro groups is 1. The lowest BCUT2D eigenvalue weighted by molar-refractivity contribution is -0.389. The summed E-state index contributed by atoms with van der Waals surface area (Å²) in [7, 11) is 3.14. The zero-order valence-electron chi connectivity index (χ0n) is 13.2. The minimum absolute atomic E-state index is 0.227. The van der Waals surface area contributed by atoms with Crippen LogP contribution in [0.15, 0.2) is 36.7 Å². The molecule has 0 atom stereocenters. The molecule has 2 aromatic heterocycles. The highest BCUT2D eigenvalue weighted by Gasteiger charge is 2.09. The Morgan fingerprint density at radius 2 is 2.04 bits per heavy atom. The summed E-state index contributed by atoms with van der Waals surface area (Å²) in [6.45, 7) is 0.873. The molecular weight excluding hydrogens is 316 g/mol. The second-order valence-corrected chi connectivity index (χ2v) is 4.78. The summed E-state index contributed by atoms with van der Waals surface area (Å²) in [5.74, 6) is 0.455. The SMILES string of the molecule is COC(=O)c1ccc(N(C)CCOc2ccc([N+](=O)[O-])nc2)nc1. The van der Waals surface area contributed by atoms with E-state index in [1.807, 2.05) is 11.9 Å². The lowest BCUT2D eigenvalue weighted by atomic mass is 10.3. The molecule has 2 aromatic rings. The minimum atomic E-state index is -0.568. The van der Waals surface area contributed by atoms with Crippen molar-refractivity contribution in [3.63, 3.8) is 0 Å². The van der Waals surface area contributed by atoms with Crippen LogP contribution >= 0.6 is 0 Å². The number of pyridine rings is 2. The van der Waals surface area contributed by atoms with E-state index in [4.69, 9.17) is 4.74 Å². The Bertz CT molecular complexity index is 703. The van der Waals surface area contributed by atoms with Crippen LogP contribution < -0.4 is 9.64 Å². The number of nitrogens with zero attached hydrogens (tertiary/aromatic N) is 4. The molecule has 126 valence electrons. The average Bonchev–Trinajstić information content (AvgIpc) is 2.61. The van der Waals surface area contributed by atoms with Gasteiger partial charge in [0.2, 0.25) is 0 Å². The number of carbonyl (C=O) groups excluding carboxylic acids is 1. The summed E-state index contributed by atoms with van der Waals surface area (Å²) in [6, 6.07) is 6.12. The number of hydrogen-bond acceptors (Lipinski definition) is 8. The molecule has 2 heterocycles. The van der Waals surface area contributed by atoms with Gasteiger partial charge >= 0.3 is 11.8 Å². The van der Waals surface area contributed by atoms with Crippen LogP contribution in [0, 0.1) is 10.1 Å². The van der Waals surface area contributed by atoms with Gasteiger partial charge in [0.05, 0.1) is 19.2 Å². The molecule has 0 spiro atoms. The molecule has 9 heteroatoms. The molecule has 0 radical (unpaired) electrons. The Kier molecular flexibility index (Phi) is 5.61. The van der Waals surface area contributed by atoms with Gasteiger partial charge in [0, 0.05) is 19.3 Å². The average molecular weight is 332 g/mol. The summed E-state index contributed by atoms with van der Waals surface area (Å²) >= 11 is 0. The van der Waals surface area contributed by atoms with Crippen molar-refractivity contribution in [2.45, 2.75) is 0 Å². The molecular formula is C15H16N4O5. The largest absolute Gasteiger partial charge is 0.488 e. The van der Waals surface area contributed by atoms with Crippen LogP contribution in [-0.2, 0) is 4.74 Å². The molecule has 0 aliphatic rings. The molecule has 0 bridgehead atoms. The summed E-state index contributed by atoms with van der Waals surface area (Å²) in [5.41, 5.74) is 0.378. The lowest BCUT2D eigenvalue weighted by Crippen LogP contribution is -2.24. The van der Waals surface area contributed by atoms with Crippen molar-refractivity contribution in [2.75, 3.05) is 32.2 Å². The Hall–Kier alpha value is -3.23. The van der Waals surface area contributed by atoms with Gasteiger partial charge in [-0.05, 0) is 28.1 Å². The predicted octanol–water partition coefficient (Wildman–Crippen LogP) is 1.69. The van der Waals surface area contributed by atoms with E-state index in [1.165, 1.54) is 31.6 Å². The van der Waals surface area contributed by atoms with E-state index in [9.17, 15) is 14.9 Å². The second kappa shape index (κ2) is 7.86. The van der Waals surface area contributed by atoms with E-state index < -0.39 is 10.9 Å². The molecule has 0 aliphatic heterocycles. The molecule has 0 amide bonds. The first-order valence-corrected chi connectivity index (χ1v) is 7.00. The molecule has 24 heavy (non-hydrogen) atoms. The van der Waals surface area contributed by atoms with Gasteiger partial charge in [0.25, 0.3) is 0 Å². The Morgan fingerprint density at radius 1 is 1.25 bits per heavy atom. The predicted molar refractivity (Wildman–Crippen MR) is 85.2 cm³/mol. The quantitative estimate of drug-likeness (QED) is 0.428. The van der Waals surface area contributed by atoms with Crippen molar-refractivity contribution >= 4 is 17.6 Å². The van der Waals surface area contributed by atoms with Crippen molar-refractivity contribution in [1.82, 2.24) is 9.97 Å². The van der Waals surface area contributed by atoms with E-state index in [0.717, 1.165) is 0 Å². The van der Waals surface area contributed by atoms with Crippen LogP contribution in [0.4, 0.5) is 11.6 Å².